The van der Waals surface area contributed by atoms with Crippen LogP contribution in [0.15, 0.2) is 36.0 Å². The highest BCUT2D eigenvalue weighted by Crippen LogP contribution is 2.14. The van der Waals surface area contributed by atoms with Crippen molar-refractivity contribution in [2.45, 2.75) is 40.7 Å². The van der Waals surface area contributed by atoms with Crippen molar-refractivity contribution in [3.8, 4) is 0 Å². The third-order valence-corrected chi connectivity index (χ3v) is 2.70. The molecule has 0 saturated heterocycles. The SMILES string of the molecule is CC(C)NC(=O)/C(=C\c1ccccc1)NC(=O)C(C)(C)C. The molecule has 0 aliphatic carbocycles. The first-order valence-electron chi connectivity index (χ1n) is 7.09. The zero-order chi connectivity index (χ0) is 16.0. The van der Waals surface area contributed by atoms with Crippen LogP contribution in [0, 0.1) is 5.41 Å². The molecule has 0 fully saturated rings. The van der Waals surface area contributed by atoms with Crippen LogP contribution >= 0.6 is 0 Å². The number of rotatable bonds is 4. The first-order chi connectivity index (χ1) is 9.70. The van der Waals surface area contributed by atoms with Gasteiger partial charge in [0.15, 0.2) is 0 Å². The molecule has 2 N–H and O–H groups in total. The fourth-order valence-corrected chi connectivity index (χ4v) is 1.52. The second-order valence-corrected chi connectivity index (χ2v) is 6.30. The van der Waals surface area contributed by atoms with Crippen molar-refractivity contribution in [1.82, 2.24) is 10.6 Å². The average Bonchev–Trinajstić information content (AvgIpc) is 2.37. The van der Waals surface area contributed by atoms with Crippen LogP contribution in [-0.2, 0) is 9.59 Å². The molecule has 0 aromatic heterocycles. The second kappa shape index (κ2) is 7.07. The molecule has 21 heavy (non-hydrogen) atoms. The first-order valence-corrected chi connectivity index (χ1v) is 7.09. The van der Waals surface area contributed by atoms with Crippen LogP contribution in [0.2, 0.25) is 0 Å². The van der Waals surface area contributed by atoms with E-state index in [0.29, 0.717) is 0 Å². The Morgan fingerprint density at radius 3 is 2.14 bits per heavy atom. The highest BCUT2D eigenvalue weighted by molar-refractivity contribution is 6.02. The van der Waals surface area contributed by atoms with Crippen LogP contribution in [0.25, 0.3) is 6.08 Å². The summed E-state index contributed by atoms with van der Waals surface area (Å²) in [6.45, 7) is 9.18. The van der Waals surface area contributed by atoms with Crippen LogP contribution in [0.4, 0.5) is 0 Å². The minimum absolute atomic E-state index is 0.00297. The van der Waals surface area contributed by atoms with Crippen LogP contribution in [0.3, 0.4) is 0 Å². The van der Waals surface area contributed by atoms with Gasteiger partial charge in [0.2, 0.25) is 5.91 Å². The number of hydrogen-bond donors (Lipinski definition) is 2. The number of benzene rings is 1. The summed E-state index contributed by atoms with van der Waals surface area (Å²) < 4.78 is 0. The third-order valence-electron chi connectivity index (χ3n) is 2.70. The summed E-state index contributed by atoms with van der Waals surface area (Å²) >= 11 is 0. The molecule has 0 bridgehead atoms. The molecular formula is C17H24N2O2. The molecule has 4 heteroatoms. The van der Waals surface area contributed by atoms with Crippen LogP contribution < -0.4 is 10.6 Å². The van der Waals surface area contributed by atoms with E-state index in [1.807, 2.05) is 65.0 Å². The lowest BCUT2D eigenvalue weighted by atomic mass is 9.95. The van der Waals surface area contributed by atoms with E-state index in [1.54, 1.807) is 6.08 Å². The lowest BCUT2D eigenvalue weighted by Crippen LogP contribution is -2.41. The van der Waals surface area contributed by atoms with Gasteiger partial charge in [-0.2, -0.15) is 0 Å². The van der Waals surface area contributed by atoms with Crippen molar-refractivity contribution in [3.05, 3.63) is 41.6 Å². The first kappa shape index (κ1) is 17.0. The monoisotopic (exact) mass is 288 g/mol. The number of carbonyl (C=O) groups excluding carboxylic acids is 2. The Morgan fingerprint density at radius 1 is 1.10 bits per heavy atom. The zero-order valence-electron chi connectivity index (χ0n) is 13.4. The second-order valence-electron chi connectivity index (χ2n) is 6.30. The van der Waals surface area contributed by atoms with Gasteiger partial charge in [0.1, 0.15) is 5.70 Å². The Kier molecular flexibility index (Phi) is 5.70. The maximum atomic E-state index is 12.2. The van der Waals surface area contributed by atoms with Gasteiger partial charge in [-0.25, -0.2) is 0 Å². The fourth-order valence-electron chi connectivity index (χ4n) is 1.52. The summed E-state index contributed by atoms with van der Waals surface area (Å²) in [6.07, 6.45) is 1.68. The van der Waals surface area contributed by atoms with Crippen molar-refractivity contribution < 1.29 is 9.59 Å². The summed E-state index contributed by atoms with van der Waals surface area (Å²) in [4.78, 5) is 24.3. The lowest BCUT2D eigenvalue weighted by molar-refractivity contribution is -0.129. The third kappa shape index (κ3) is 5.81. The van der Waals surface area contributed by atoms with Crippen molar-refractivity contribution in [3.63, 3.8) is 0 Å². The summed E-state index contributed by atoms with van der Waals surface area (Å²) in [5.74, 6) is -0.477. The van der Waals surface area contributed by atoms with E-state index in [1.165, 1.54) is 0 Å². The quantitative estimate of drug-likeness (QED) is 0.837. The van der Waals surface area contributed by atoms with Crippen LogP contribution in [-0.4, -0.2) is 17.9 Å². The van der Waals surface area contributed by atoms with E-state index in [2.05, 4.69) is 10.6 Å². The molecule has 0 heterocycles. The average molecular weight is 288 g/mol. The maximum absolute atomic E-state index is 12.2. The molecular weight excluding hydrogens is 264 g/mol. The summed E-state index contributed by atoms with van der Waals surface area (Å²) in [6, 6.07) is 9.44. The molecule has 0 atom stereocenters. The van der Waals surface area contributed by atoms with Gasteiger partial charge in [0.05, 0.1) is 0 Å². The number of amides is 2. The molecule has 0 saturated carbocycles. The van der Waals surface area contributed by atoms with Crippen molar-refractivity contribution in [1.29, 1.82) is 0 Å². The zero-order valence-corrected chi connectivity index (χ0v) is 13.4. The lowest BCUT2D eigenvalue weighted by Gasteiger charge is -2.20. The molecule has 0 unspecified atom stereocenters. The van der Waals surface area contributed by atoms with Gasteiger partial charge in [0, 0.05) is 11.5 Å². The molecule has 114 valence electrons. The van der Waals surface area contributed by atoms with E-state index in [4.69, 9.17) is 0 Å². The van der Waals surface area contributed by atoms with Crippen molar-refractivity contribution >= 4 is 17.9 Å². The van der Waals surface area contributed by atoms with Crippen molar-refractivity contribution in [2.75, 3.05) is 0 Å². The van der Waals surface area contributed by atoms with Gasteiger partial charge in [-0.05, 0) is 25.5 Å². The van der Waals surface area contributed by atoms with Gasteiger partial charge >= 0.3 is 0 Å². The number of carbonyl (C=O) groups is 2. The molecule has 0 aliphatic rings. The predicted molar refractivity (Wildman–Crippen MR) is 85.3 cm³/mol. The van der Waals surface area contributed by atoms with Gasteiger partial charge in [-0.15, -0.1) is 0 Å². The smallest absolute Gasteiger partial charge is 0.268 e. The predicted octanol–water partition coefficient (Wildman–Crippen LogP) is 2.71. The van der Waals surface area contributed by atoms with Crippen LogP contribution in [0.1, 0.15) is 40.2 Å². The van der Waals surface area contributed by atoms with Crippen molar-refractivity contribution in [2.24, 2.45) is 5.41 Å². The maximum Gasteiger partial charge on any atom is 0.268 e. The standard InChI is InChI=1S/C17H24N2O2/c1-12(2)18-15(20)14(19-16(21)17(3,4)5)11-13-9-7-6-8-10-13/h6-12H,1-5H3,(H,18,20)(H,19,21)/b14-11+. The summed E-state index contributed by atoms with van der Waals surface area (Å²) in [7, 11) is 0. The topological polar surface area (TPSA) is 58.2 Å². The largest absolute Gasteiger partial charge is 0.349 e. The number of hydrogen-bond acceptors (Lipinski definition) is 2. The van der Waals surface area contributed by atoms with E-state index >= 15 is 0 Å². The van der Waals surface area contributed by atoms with E-state index in [-0.39, 0.29) is 23.6 Å². The minimum atomic E-state index is -0.562. The molecule has 2 amide bonds. The highest BCUT2D eigenvalue weighted by Gasteiger charge is 2.24. The van der Waals surface area contributed by atoms with Crippen LogP contribution in [0.5, 0.6) is 0 Å². The van der Waals surface area contributed by atoms with Gasteiger partial charge < -0.3 is 10.6 Å². The van der Waals surface area contributed by atoms with Gasteiger partial charge in [0.25, 0.3) is 5.91 Å². The normalized spacial score (nSPS) is 12.2. The van der Waals surface area contributed by atoms with Gasteiger partial charge in [-0.1, -0.05) is 51.1 Å². The molecule has 0 spiro atoms. The highest BCUT2D eigenvalue weighted by atomic mass is 16.2. The molecule has 1 rings (SSSR count). The Morgan fingerprint density at radius 2 is 1.67 bits per heavy atom. The molecule has 1 aromatic carbocycles. The molecule has 1 aromatic rings. The molecule has 0 aliphatic heterocycles. The van der Waals surface area contributed by atoms with Gasteiger partial charge in [-0.3, -0.25) is 9.59 Å². The Labute approximate surface area is 126 Å². The summed E-state index contributed by atoms with van der Waals surface area (Å²) in [5, 5.41) is 5.52. The fraction of sp³-hybridized carbons (Fsp3) is 0.412. The Hall–Kier alpha value is -2.10. The van der Waals surface area contributed by atoms with E-state index in [9.17, 15) is 9.59 Å². The van der Waals surface area contributed by atoms with E-state index in [0.717, 1.165) is 5.56 Å². The molecule has 0 radical (unpaired) electrons. The summed E-state index contributed by atoms with van der Waals surface area (Å²) in [5.41, 5.74) is 0.559. The van der Waals surface area contributed by atoms with E-state index < -0.39 is 5.41 Å². The minimum Gasteiger partial charge on any atom is -0.349 e. The number of nitrogens with one attached hydrogen (secondary N) is 2. The molecule has 4 nitrogen and oxygen atoms in total. The Bertz CT molecular complexity index is 525. The Balaban J connectivity index is 3.03.